The fraction of sp³-hybridized carbons (Fsp3) is 0.0667. The fourth-order valence-electron chi connectivity index (χ4n) is 1.72. The Balaban J connectivity index is 2.21. The number of carbonyl (C=O) groups is 1. The van der Waals surface area contributed by atoms with Gasteiger partial charge < -0.3 is 9.84 Å². The Morgan fingerprint density at radius 2 is 2.05 bits per heavy atom. The van der Waals surface area contributed by atoms with E-state index < -0.39 is 17.3 Å². The molecule has 5 heteroatoms. The summed E-state index contributed by atoms with van der Waals surface area (Å²) >= 11 is 0. The van der Waals surface area contributed by atoms with Crippen molar-refractivity contribution >= 4 is 5.97 Å². The van der Waals surface area contributed by atoms with Crippen LogP contribution >= 0.6 is 0 Å². The Kier molecular flexibility index (Phi) is 3.96. The summed E-state index contributed by atoms with van der Waals surface area (Å²) in [5.41, 5.74) is 0.678. The molecule has 0 aliphatic rings. The van der Waals surface area contributed by atoms with Crippen molar-refractivity contribution in [2.24, 2.45) is 0 Å². The lowest BCUT2D eigenvalue weighted by atomic mass is 10.1. The Hall–Kier alpha value is -2.87. The third-order valence-corrected chi connectivity index (χ3v) is 2.64. The highest BCUT2D eigenvalue weighted by molar-refractivity contribution is 5.91. The first-order valence-electron chi connectivity index (χ1n) is 5.75. The second-order valence-electron chi connectivity index (χ2n) is 4.02. The normalized spacial score (nSPS) is 9.80. The number of hydrogen-bond acceptors (Lipinski definition) is 3. The maximum Gasteiger partial charge on any atom is 0.342 e. The molecule has 20 heavy (non-hydrogen) atoms. The zero-order valence-electron chi connectivity index (χ0n) is 10.3. The van der Waals surface area contributed by atoms with E-state index in [1.165, 1.54) is 12.1 Å². The molecule has 2 aromatic rings. The van der Waals surface area contributed by atoms with Crippen LogP contribution in [0.4, 0.5) is 4.39 Å². The highest BCUT2D eigenvalue weighted by atomic mass is 19.1. The van der Waals surface area contributed by atoms with Crippen molar-refractivity contribution in [2.45, 2.75) is 6.61 Å². The van der Waals surface area contributed by atoms with Crippen LogP contribution in [0, 0.1) is 17.1 Å². The number of aromatic carboxylic acids is 1. The monoisotopic (exact) mass is 271 g/mol. The van der Waals surface area contributed by atoms with E-state index >= 15 is 0 Å². The van der Waals surface area contributed by atoms with Gasteiger partial charge in [-0.2, -0.15) is 5.26 Å². The van der Waals surface area contributed by atoms with Crippen molar-refractivity contribution in [2.75, 3.05) is 0 Å². The maximum atomic E-state index is 13.4. The molecule has 0 heterocycles. The largest absolute Gasteiger partial charge is 0.488 e. The van der Waals surface area contributed by atoms with E-state index in [9.17, 15) is 9.18 Å². The van der Waals surface area contributed by atoms with Crippen LogP contribution in [-0.2, 0) is 6.61 Å². The van der Waals surface area contributed by atoms with Crippen molar-refractivity contribution in [3.8, 4) is 11.8 Å². The highest BCUT2D eigenvalue weighted by Gasteiger charge is 2.16. The van der Waals surface area contributed by atoms with Crippen LogP contribution in [0.15, 0.2) is 42.5 Å². The van der Waals surface area contributed by atoms with Gasteiger partial charge in [0.05, 0.1) is 11.6 Å². The summed E-state index contributed by atoms with van der Waals surface area (Å²) in [6.45, 7) is 0.0548. The molecular weight excluding hydrogens is 261 g/mol. The molecule has 0 saturated heterocycles. The molecular formula is C15H10FNO3. The van der Waals surface area contributed by atoms with E-state index in [4.69, 9.17) is 15.1 Å². The van der Waals surface area contributed by atoms with Crippen molar-refractivity contribution < 1.29 is 19.0 Å². The summed E-state index contributed by atoms with van der Waals surface area (Å²) in [6.07, 6.45) is 0. The van der Waals surface area contributed by atoms with Crippen molar-refractivity contribution in [1.29, 1.82) is 5.26 Å². The van der Waals surface area contributed by atoms with Gasteiger partial charge in [0.25, 0.3) is 0 Å². The highest BCUT2D eigenvalue weighted by Crippen LogP contribution is 2.22. The molecule has 2 rings (SSSR count). The number of carboxylic acids is 1. The Morgan fingerprint density at radius 3 is 2.75 bits per heavy atom. The smallest absolute Gasteiger partial charge is 0.342 e. The summed E-state index contributed by atoms with van der Waals surface area (Å²) in [5.74, 6) is -2.27. The molecule has 1 N–H and O–H groups in total. The van der Waals surface area contributed by atoms with Gasteiger partial charge in [0.1, 0.15) is 23.7 Å². The number of benzene rings is 2. The van der Waals surface area contributed by atoms with Gasteiger partial charge in [-0.3, -0.25) is 0 Å². The van der Waals surface area contributed by atoms with E-state index in [1.807, 2.05) is 6.07 Å². The molecule has 0 aliphatic carbocycles. The van der Waals surface area contributed by atoms with Gasteiger partial charge in [-0.1, -0.05) is 18.2 Å². The standard InChI is InChI=1S/C15H10FNO3/c16-12-5-2-6-13(14(12)15(18)19)20-9-11-4-1-3-10(7-11)8-17/h1-7H,9H2,(H,18,19). The number of nitriles is 1. The number of halogens is 1. The Bertz CT molecular complexity index is 692. The van der Waals surface area contributed by atoms with E-state index in [2.05, 4.69) is 0 Å². The first kappa shape index (κ1) is 13.6. The molecule has 2 aromatic carbocycles. The zero-order valence-corrected chi connectivity index (χ0v) is 10.3. The van der Waals surface area contributed by atoms with Crippen LogP contribution in [-0.4, -0.2) is 11.1 Å². The van der Waals surface area contributed by atoms with Crippen LogP contribution in [0.25, 0.3) is 0 Å². The molecule has 0 radical (unpaired) electrons. The maximum absolute atomic E-state index is 13.4. The van der Waals surface area contributed by atoms with Crippen molar-refractivity contribution in [3.63, 3.8) is 0 Å². The predicted octanol–water partition coefficient (Wildman–Crippen LogP) is 2.97. The van der Waals surface area contributed by atoms with Crippen LogP contribution in [0.5, 0.6) is 5.75 Å². The van der Waals surface area contributed by atoms with Gasteiger partial charge in [0.15, 0.2) is 0 Å². The second kappa shape index (κ2) is 5.85. The SMILES string of the molecule is N#Cc1cccc(COc2cccc(F)c2C(=O)O)c1. The van der Waals surface area contributed by atoms with Gasteiger partial charge in [0.2, 0.25) is 0 Å². The Labute approximate surface area is 114 Å². The molecule has 0 atom stereocenters. The molecule has 0 bridgehead atoms. The van der Waals surface area contributed by atoms with Crippen LogP contribution in [0.3, 0.4) is 0 Å². The number of nitrogens with zero attached hydrogens (tertiary/aromatic N) is 1. The van der Waals surface area contributed by atoms with E-state index in [1.54, 1.807) is 24.3 Å². The van der Waals surface area contributed by atoms with Gasteiger partial charge in [-0.05, 0) is 29.8 Å². The molecule has 0 saturated carbocycles. The zero-order chi connectivity index (χ0) is 14.5. The number of carboxylic acid groups (broad SMARTS) is 1. The summed E-state index contributed by atoms with van der Waals surface area (Å²) in [6, 6.07) is 12.5. The van der Waals surface area contributed by atoms with Gasteiger partial charge in [-0.25, -0.2) is 9.18 Å². The molecule has 0 fully saturated rings. The topological polar surface area (TPSA) is 70.3 Å². The predicted molar refractivity (Wildman–Crippen MR) is 68.8 cm³/mol. The molecule has 0 spiro atoms. The molecule has 4 nitrogen and oxygen atoms in total. The van der Waals surface area contributed by atoms with Crippen LogP contribution in [0.1, 0.15) is 21.5 Å². The molecule has 0 unspecified atom stereocenters. The lowest BCUT2D eigenvalue weighted by Crippen LogP contribution is -2.06. The molecule has 0 aliphatic heterocycles. The summed E-state index contributed by atoms with van der Waals surface area (Å²) in [4.78, 5) is 11.0. The third-order valence-electron chi connectivity index (χ3n) is 2.64. The second-order valence-corrected chi connectivity index (χ2v) is 4.02. The minimum atomic E-state index is -1.39. The number of ether oxygens (including phenoxy) is 1. The van der Waals surface area contributed by atoms with E-state index in [0.29, 0.717) is 11.1 Å². The number of hydrogen-bond donors (Lipinski definition) is 1. The summed E-state index contributed by atoms with van der Waals surface area (Å²) in [5, 5.41) is 17.7. The first-order valence-corrected chi connectivity index (χ1v) is 5.75. The molecule has 100 valence electrons. The van der Waals surface area contributed by atoms with Gasteiger partial charge in [0, 0.05) is 0 Å². The van der Waals surface area contributed by atoms with Gasteiger partial charge in [-0.15, -0.1) is 0 Å². The average Bonchev–Trinajstić information content (AvgIpc) is 2.45. The van der Waals surface area contributed by atoms with Crippen LogP contribution < -0.4 is 4.74 Å². The average molecular weight is 271 g/mol. The van der Waals surface area contributed by atoms with Gasteiger partial charge >= 0.3 is 5.97 Å². The summed E-state index contributed by atoms with van der Waals surface area (Å²) < 4.78 is 18.8. The lowest BCUT2D eigenvalue weighted by molar-refractivity contribution is 0.0686. The van der Waals surface area contributed by atoms with E-state index in [-0.39, 0.29) is 12.4 Å². The molecule has 0 aromatic heterocycles. The first-order chi connectivity index (χ1) is 9.61. The summed E-state index contributed by atoms with van der Waals surface area (Å²) in [7, 11) is 0. The minimum absolute atomic E-state index is 0.0418. The lowest BCUT2D eigenvalue weighted by Gasteiger charge is -2.09. The number of rotatable bonds is 4. The van der Waals surface area contributed by atoms with Crippen molar-refractivity contribution in [1.82, 2.24) is 0 Å². The fourth-order valence-corrected chi connectivity index (χ4v) is 1.72. The van der Waals surface area contributed by atoms with E-state index in [0.717, 1.165) is 6.07 Å². The van der Waals surface area contributed by atoms with Crippen LogP contribution in [0.2, 0.25) is 0 Å². The minimum Gasteiger partial charge on any atom is -0.488 e. The molecule has 0 amide bonds. The third kappa shape index (κ3) is 2.93. The quantitative estimate of drug-likeness (QED) is 0.928. The van der Waals surface area contributed by atoms with Crippen molar-refractivity contribution in [3.05, 3.63) is 65.0 Å². The Morgan fingerprint density at radius 1 is 1.30 bits per heavy atom.